The predicted molar refractivity (Wildman–Crippen MR) is 132 cm³/mol. The molecule has 0 spiro atoms. The lowest BCUT2D eigenvalue weighted by Crippen LogP contribution is -3.00. The topological polar surface area (TPSA) is 26.3 Å². The molecule has 4 aromatic rings. The van der Waals surface area contributed by atoms with E-state index in [4.69, 9.17) is 4.74 Å². The third-order valence-electron chi connectivity index (χ3n) is 5.50. The zero-order valence-corrected chi connectivity index (χ0v) is 20.3. The maximum atomic E-state index is 13.4. The van der Waals surface area contributed by atoms with Gasteiger partial charge in [-0.25, -0.2) is 0 Å². The first-order valence-corrected chi connectivity index (χ1v) is 12.7. The van der Waals surface area contributed by atoms with Crippen molar-refractivity contribution in [2.24, 2.45) is 0 Å². The molecule has 0 N–H and O–H groups in total. The van der Waals surface area contributed by atoms with E-state index in [2.05, 4.69) is 48.5 Å². The Hall–Kier alpha value is -2.74. The first kappa shape index (κ1) is 23.9. The Balaban J connectivity index is 0.00000289. The Morgan fingerprint density at radius 2 is 1.06 bits per heavy atom. The molecule has 0 atom stereocenters. The Labute approximate surface area is 201 Å². The number of hydrogen-bond acceptors (Lipinski definition) is 2. The van der Waals surface area contributed by atoms with Crippen LogP contribution < -0.4 is 32.3 Å². The second kappa shape index (κ2) is 11.8. The molecule has 0 aliphatic heterocycles. The van der Waals surface area contributed by atoms with Gasteiger partial charge in [0, 0.05) is 5.56 Å². The van der Waals surface area contributed by atoms with Crippen molar-refractivity contribution in [3.8, 4) is 5.75 Å². The van der Waals surface area contributed by atoms with Crippen molar-refractivity contribution >= 4 is 23.7 Å². The highest BCUT2D eigenvalue weighted by Crippen LogP contribution is 2.56. The van der Waals surface area contributed by atoms with Crippen LogP contribution in [-0.4, -0.2) is 24.7 Å². The zero-order chi connectivity index (χ0) is 21.4. The molecule has 4 aromatic carbocycles. The summed E-state index contributed by atoms with van der Waals surface area (Å²) in [6, 6.07) is 40.5. The highest BCUT2D eigenvalue weighted by molar-refractivity contribution is 7.90. The van der Waals surface area contributed by atoms with Gasteiger partial charge in [-0.15, -0.1) is 0 Å². The first-order valence-electron chi connectivity index (χ1n) is 10.5. The highest BCUT2D eigenvalue weighted by Gasteiger charge is 2.44. The normalized spacial score (nSPS) is 10.8. The summed E-state index contributed by atoms with van der Waals surface area (Å²) in [6.07, 6.45) is 1.29. The lowest BCUT2D eigenvalue weighted by Gasteiger charge is -2.27. The smallest absolute Gasteiger partial charge is 0.200 e. The fourth-order valence-corrected chi connectivity index (χ4v) is 7.79. The number of para-hydroxylation sites is 1. The third kappa shape index (κ3) is 5.73. The average Bonchev–Trinajstić information content (AvgIpc) is 2.85. The van der Waals surface area contributed by atoms with E-state index in [1.807, 2.05) is 72.8 Å². The zero-order valence-electron chi connectivity index (χ0n) is 17.8. The van der Waals surface area contributed by atoms with Crippen LogP contribution in [0.4, 0.5) is 0 Å². The summed E-state index contributed by atoms with van der Waals surface area (Å²) in [7, 11) is -2.03. The van der Waals surface area contributed by atoms with Crippen LogP contribution in [0.5, 0.6) is 5.75 Å². The molecule has 0 amide bonds. The second-order valence-electron chi connectivity index (χ2n) is 7.47. The van der Waals surface area contributed by atoms with Crippen molar-refractivity contribution in [2.45, 2.75) is 0 Å². The molecule has 0 heterocycles. The van der Waals surface area contributed by atoms with E-state index in [0.717, 1.165) is 17.5 Å². The standard InChI is InChI=1S/C28H26O2P.BrH/c29-28(24-13-5-1-6-14-24)23-31(26-17-9-3-10-18-26,27-19-11-4-12-20-27)22-21-30-25-15-7-2-8-16-25;/h1-20H,21-23H2;1H/q+1;/p-1. The minimum absolute atomic E-state index is 0. The quantitative estimate of drug-likeness (QED) is 0.258. The molecular weight excluding hydrogens is 479 g/mol. The van der Waals surface area contributed by atoms with Gasteiger partial charge in [0.2, 0.25) is 5.78 Å². The molecule has 0 fully saturated rings. The number of halogens is 1. The van der Waals surface area contributed by atoms with Gasteiger partial charge in [-0.3, -0.25) is 4.79 Å². The van der Waals surface area contributed by atoms with Crippen LogP contribution >= 0.6 is 7.26 Å². The van der Waals surface area contributed by atoms with Gasteiger partial charge in [0.25, 0.3) is 0 Å². The van der Waals surface area contributed by atoms with Gasteiger partial charge in [-0.1, -0.05) is 84.9 Å². The van der Waals surface area contributed by atoms with Gasteiger partial charge < -0.3 is 21.7 Å². The first-order chi connectivity index (χ1) is 15.3. The molecule has 162 valence electrons. The van der Waals surface area contributed by atoms with Gasteiger partial charge >= 0.3 is 0 Å². The van der Waals surface area contributed by atoms with E-state index >= 15 is 0 Å². The number of ether oxygens (including phenoxy) is 1. The number of Topliss-reactive ketones (excluding diaryl/α,β-unsaturated/α-hetero) is 1. The second-order valence-corrected chi connectivity index (χ2v) is 11.2. The van der Waals surface area contributed by atoms with Crippen molar-refractivity contribution in [1.29, 1.82) is 0 Å². The number of carbonyl (C=O) groups is 1. The van der Waals surface area contributed by atoms with Crippen LogP contribution in [0.3, 0.4) is 0 Å². The monoisotopic (exact) mass is 504 g/mol. The maximum Gasteiger partial charge on any atom is 0.200 e. The lowest BCUT2D eigenvalue weighted by atomic mass is 10.2. The van der Waals surface area contributed by atoms with Crippen molar-refractivity contribution in [3.63, 3.8) is 0 Å². The van der Waals surface area contributed by atoms with Crippen molar-refractivity contribution < 1.29 is 26.5 Å². The molecule has 0 bridgehead atoms. The fraction of sp³-hybridized carbons (Fsp3) is 0.107. The van der Waals surface area contributed by atoms with Crippen LogP contribution in [0.15, 0.2) is 121 Å². The minimum atomic E-state index is -2.03. The molecule has 0 aliphatic carbocycles. The Morgan fingerprint density at radius 1 is 0.625 bits per heavy atom. The Kier molecular flexibility index (Phi) is 8.79. The number of ketones is 1. The number of carbonyl (C=O) groups excluding carboxylic acids is 1. The molecular formula is C28H26BrO2P. The maximum absolute atomic E-state index is 13.4. The van der Waals surface area contributed by atoms with Crippen LogP contribution in [0.2, 0.25) is 0 Å². The van der Waals surface area contributed by atoms with Crippen LogP contribution in [0.25, 0.3) is 0 Å². The third-order valence-corrected chi connectivity index (χ3v) is 9.84. The number of benzene rings is 4. The summed E-state index contributed by atoms with van der Waals surface area (Å²) >= 11 is 0. The van der Waals surface area contributed by atoms with Gasteiger partial charge in [0.1, 0.15) is 24.7 Å². The Morgan fingerprint density at radius 3 is 1.56 bits per heavy atom. The van der Waals surface area contributed by atoms with Gasteiger partial charge in [0.05, 0.1) is 17.9 Å². The minimum Gasteiger partial charge on any atom is -1.00 e. The summed E-state index contributed by atoms with van der Waals surface area (Å²) in [4.78, 5) is 13.4. The Bertz CT molecular complexity index is 1050. The van der Waals surface area contributed by atoms with Crippen LogP contribution in [0.1, 0.15) is 10.4 Å². The molecule has 32 heavy (non-hydrogen) atoms. The van der Waals surface area contributed by atoms with Crippen molar-refractivity contribution in [2.75, 3.05) is 18.9 Å². The highest BCUT2D eigenvalue weighted by atomic mass is 79.9. The SMILES string of the molecule is O=C(C[P+](CCOc1ccccc1)(c1ccccc1)c1ccccc1)c1ccccc1.[Br-]. The number of rotatable bonds is 9. The van der Waals surface area contributed by atoms with E-state index in [1.165, 1.54) is 10.6 Å². The molecule has 0 aromatic heterocycles. The van der Waals surface area contributed by atoms with Crippen LogP contribution in [0, 0.1) is 0 Å². The lowest BCUT2D eigenvalue weighted by molar-refractivity contribution is -0.0000144. The molecule has 2 nitrogen and oxygen atoms in total. The van der Waals surface area contributed by atoms with Crippen molar-refractivity contribution in [3.05, 3.63) is 127 Å². The number of hydrogen-bond donors (Lipinski definition) is 0. The average molecular weight is 505 g/mol. The van der Waals surface area contributed by atoms with Gasteiger partial charge in [0.15, 0.2) is 0 Å². The molecule has 0 aliphatic rings. The summed E-state index contributed by atoms with van der Waals surface area (Å²) in [6.45, 7) is 0.559. The van der Waals surface area contributed by atoms with E-state index in [-0.39, 0.29) is 22.8 Å². The predicted octanol–water partition coefficient (Wildman–Crippen LogP) is 2.62. The summed E-state index contributed by atoms with van der Waals surface area (Å²) in [5, 5.41) is 2.48. The molecule has 4 heteroatoms. The van der Waals surface area contributed by atoms with E-state index in [1.54, 1.807) is 0 Å². The van der Waals surface area contributed by atoms with E-state index < -0.39 is 7.26 Å². The fourth-order valence-electron chi connectivity index (χ4n) is 3.89. The van der Waals surface area contributed by atoms with E-state index in [0.29, 0.717) is 12.8 Å². The molecule has 0 radical (unpaired) electrons. The van der Waals surface area contributed by atoms with Crippen LogP contribution in [-0.2, 0) is 0 Å². The summed E-state index contributed by atoms with van der Waals surface area (Å²) in [5.74, 6) is 1.04. The summed E-state index contributed by atoms with van der Waals surface area (Å²) in [5.41, 5.74) is 0.766. The molecule has 0 saturated carbocycles. The largest absolute Gasteiger partial charge is 1.00 e. The van der Waals surface area contributed by atoms with Gasteiger partial charge in [-0.05, 0) is 36.4 Å². The molecule has 0 saturated heterocycles. The van der Waals surface area contributed by atoms with Crippen molar-refractivity contribution in [1.82, 2.24) is 0 Å². The molecule has 4 rings (SSSR count). The van der Waals surface area contributed by atoms with E-state index in [9.17, 15) is 4.79 Å². The molecule has 0 unspecified atom stereocenters. The summed E-state index contributed by atoms with van der Waals surface area (Å²) < 4.78 is 6.11. The van der Waals surface area contributed by atoms with Gasteiger partial charge in [-0.2, -0.15) is 0 Å².